The zero-order chi connectivity index (χ0) is 34.6. The number of nitrogens with zero attached hydrogens (tertiary/aromatic N) is 3. The number of benzene rings is 8. The van der Waals surface area contributed by atoms with Gasteiger partial charge in [-0.15, -0.1) is 0 Å². The summed E-state index contributed by atoms with van der Waals surface area (Å²) in [6.45, 7) is 0. The third kappa shape index (κ3) is 4.66. The summed E-state index contributed by atoms with van der Waals surface area (Å²) >= 11 is 0. The van der Waals surface area contributed by atoms with E-state index in [1.165, 1.54) is 32.6 Å². The van der Waals surface area contributed by atoms with E-state index in [1.54, 1.807) is 0 Å². The Morgan fingerprint density at radius 3 is 1.50 bits per heavy atom. The fraction of sp³-hybridized carbons (Fsp3) is 0. The van der Waals surface area contributed by atoms with Crippen LogP contribution >= 0.6 is 0 Å². The molecule has 0 aliphatic rings. The van der Waals surface area contributed by atoms with Gasteiger partial charge in [0.05, 0.1) is 33.7 Å². The Bertz CT molecular complexity index is 2970. The van der Waals surface area contributed by atoms with Crippen molar-refractivity contribution in [3.63, 3.8) is 0 Å². The molecule has 2 aromatic heterocycles. The van der Waals surface area contributed by atoms with Crippen LogP contribution < -0.4 is 0 Å². The van der Waals surface area contributed by atoms with Crippen molar-refractivity contribution in [1.29, 1.82) is 5.26 Å². The van der Waals surface area contributed by atoms with E-state index in [1.807, 2.05) is 24.3 Å². The average Bonchev–Trinajstić information content (AvgIpc) is 3.74. The highest BCUT2D eigenvalue weighted by molar-refractivity contribution is 6.11. The van der Waals surface area contributed by atoms with Gasteiger partial charge in [-0.25, -0.2) is 0 Å². The van der Waals surface area contributed by atoms with E-state index in [2.05, 4.69) is 179 Å². The maximum atomic E-state index is 10.1. The van der Waals surface area contributed by atoms with Gasteiger partial charge in [-0.3, -0.25) is 0 Å². The molecule has 0 atom stereocenters. The van der Waals surface area contributed by atoms with Gasteiger partial charge in [-0.05, 0) is 94.5 Å². The lowest BCUT2D eigenvalue weighted by Gasteiger charge is -2.17. The zero-order valence-corrected chi connectivity index (χ0v) is 28.2. The Morgan fingerprint density at radius 1 is 0.327 bits per heavy atom. The summed E-state index contributed by atoms with van der Waals surface area (Å²) in [5.74, 6) is 0. The number of aromatic nitrogens is 2. The molecule has 0 N–H and O–H groups in total. The SMILES string of the molecule is N#Cc1ccccc1-c1ccccc1-c1cc(-c2ccc3c(c2)c2ccccc2n3-c2ccccc2)cc(-n2c3ccccc3c3ccccc32)c1. The van der Waals surface area contributed by atoms with Gasteiger partial charge in [0.15, 0.2) is 0 Å². The highest BCUT2D eigenvalue weighted by Gasteiger charge is 2.18. The summed E-state index contributed by atoms with van der Waals surface area (Å²) in [5, 5.41) is 15.0. The van der Waals surface area contributed by atoms with Gasteiger partial charge in [0.25, 0.3) is 0 Å². The van der Waals surface area contributed by atoms with Crippen molar-refractivity contribution in [3.8, 4) is 50.8 Å². The lowest BCUT2D eigenvalue weighted by Crippen LogP contribution is -1.97. The van der Waals surface area contributed by atoms with Crippen molar-refractivity contribution in [2.24, 2.45) is 0 Å². The molecule has 3 nitrogen and oxygen atoms in total. The van der Waals surface area contributed by atoms with E-state index < -0.39 is 0 Å². The van der Waals surface area contributed by atoms with E-state index >= 15 is 0 Å². The van der Waals surface area contributed by atoms with E-state index in [0.717, 1.165) is 55.8 Å². The van der Waals surface area contributed by atoms with E-state index in [-0.39, 0.29) is 0 Å². The molecule has 0 radical (unpaired) electrons. The monoisotopic (exact) mass is 661 g/mol. The minimum absolute atomic E-state index is 0.661. The maximum Gasteiger partial charge on any atom is 0.0998 e. The van der Waals surface area contributed by atoms with Gasteiger partial charge >= 0.3 is 0 Å². The third-order valence-corrected chi connectivity index (χ3v) is 10.4. The Labute approximate surface area is 301 Å². The van der Waals surface area contributed by atoms with Crippen LogP contribution in [0.25, 0.3) is 88.4 Å². The summed E-state index contributed by atoms with van der Waals surface area (Å²) in [6, 6.07) is 69.1. The van der Waals surface area contributed by atoms with E-state index in [0.29, 0.717) is 5.56 Å². The normalized spacial score (nSPS) is 11.4. The molecular formula is C49H31N3. The number of hydrogen-bond donors (Lipinski definition) is 0. The van der Waals surface area contributed by atoms with Crippen molar-refractivity contribution in [1.82, 2.24) is 9.13 Å². The van der Waals surface area contributed by atoms with Gasteiger partial charge in [0.2, 0.25) is 0 Å². The summed E-state index contributed by atoms with van der Waals surface area (Å²) in [4.78, 5) is 0. The predicted octanol–water partition coefficient (Wildman–Crippen LogP) is 12.8. The number of nitriles is 1. The second kappa shape index (κ2) is 12.0. The van der Waals surface area contributed by atoms with Crippen LogP contribution in [-0.4, -0.2) is 9.13 Å². The van der Waals surface area contributed by atoms with Gasteiger partial charge in [0.1, 0.15) is 0 Å². The molecule has 10 rings (SSSR count). The van der Waals surface area contributed by atoms with Crippen molar-refractivity contribution in [2.45, 2.75) is 0 Å². The standard InChI is InChI=1S/C49H31N3/c50-32-34-14-4-5-17-39(34)41-19-7-6-18-40(41)36-28-35(29-38(30-36)52-46-23-11-8-20-42(46)43-21-9-12-24-47(43)52)33-26-27-49-45(31-33)44-22-10-13-25-48(44)51(49)37-15-2-1-3-16-37/h1-31H. The van der Waals surface area contributed by atoms with Crippen molar-refractivity contribution in [3.05, 3.63) is 194 Å². The quantitative estimate of drug-likeness (QED) is 0.181. The molecule has 2 heterocycles. The molecule has 0 saturated carbocycles. The Morgan fingerprint density at radius 2 is 0.827 bits per heavy atom. The molecule has 0 unspecified atom stereocenters. The molecule has 8 aromatic carbocycles. The first-order chi connectivity index (χ1) is 25.8. The molecule has 0 spiro atoms. The topological polar surface area (TPSA) is 33.6 Å². The summed E-state index contributed by atoms with van der Waals surface area (Å²) in [7, 11) is 0. The molecule has 10 aromatic rings. The van der Waals surface area contributed by atoms with Crippen LogP contribution in [0, 0.1) is 11.3 Å². The minimum Gasteiger partial charge on any atom is -0.309 e. The second-order valence-electron chi connectivity index (χ2n) is 13.3. The molecule has 0 saturated heterocycles. The van der Waals surface area contributed by atoms with Crippen LogP contribution in [0.2, 0.25) is 0 Å². The van der Waals surface area contributed by atoms with Gasteiger partial charge in [-0.1, -0.05) is 121 Å². The second-order valence-corrected chi connectivity index (χ2v) is 13.3. The largest absolute Gasteiger partial charge is 0.309 e. The van der Waals surface area contributed by atoms with Crippen LogP contribution in [0.1, 0.15) is 5.56 Å². The third-order valence-electron chi connectivity index (χ3n) is 10.4. The fourth-order valence-electron chi connectivity index (χ4n) is 8.06. The molecule has 0 aliphatic carbocycles. The average molecular weight is 662 g/mol. The van der Waals surface area contributed by atoms with E-state index in [4.69, 9.17) is 0 Å². The molecule has 3 heteroatoms. The van der Waals surface area contributed by atoms with Crippen LogP contribution in [0.15, 0.2) is 188 Å². The fourth-order valence-corrected chi connectivity index (χ4v) is 8.06. The Balaban J connectivity index is 1.26. The van der Waals surface area contributed by atoms with Crippen LogP contribution in [0.3, 0.4) is 0 Å². The van der Waals surface area contributed by atoms with Crippen molar-refractivity contribution < 1.29 is 0 Å². The lowest BCUT2D eigenvalue weighted by molar-refractivity contribution is 1.18. The molecule has 0 bridgehead atoms. The first-order valence-corrected chi connectivity index (χ1v) is 17.6. The number of hydrogen-bond acceptors (Lipinski definition) is 1. The van der Waals surface area contributed by atoms with Crippen molar-refractivity contribution in [2.75, 3.05) is 0 Å². The lowest BCUT2D eigenvalue weighted by atomic mass is 9.90. The maximum absolute atomic E-state index is 10.1. The Hall–Kier alpha value is -7.15. The predicted molar refractivity (Wildman–Crippen MR) is 216 cm³/mol. The molecule has 52 heavy (non-hydrogen) atoms. The van der Waals surface area contributed by atoms with E-state index in [9.17, 15) is 5.26 Å². The number of fused-ring (bicyclic) bond motifs is 6. The van der Waals surface area contributed by atoms with Gasteiger partial charge < -0.3 is 9.13 Å². The van der Waals surface area contributed by atoms with Crippen LogP contribution in [-0.2, 0) is 0 Å². The zero-order valence-electron chi connectivity index (χ0n) is 28.2. The highest BCUT2D eigenvalue weighted by atomic mass is 15.0. The number of para-hydroxylation sites is 4. The molecule has 242 valence electrons. The van der Waals surface area contributed by atoms with Crippen molar-refractivity contribution >= 4 is 43.6 Å². The summed E-state index contributed by atoms with van der Waals surface area (Å²) < 4.78 is 4.75. The van der Waals surface area contributed by atoms with Gasteiger partial charge in [0, 0.05) is 38.5 Å². The first kappa shape index (κ1) is 29.7. The first-order valence-electron chi connectivity index (χ1n) is 17.6. The van der Waals surface area contributed by atoms with Gasteiger partial charge in [-0.2, -0.15) is 5.26 Å². The molecular weight excluding hydrogens is 631 g/mol. The molecule has 0 fully saturated rings. The molecule has 0 amide bonds. The summed E-state index contributed by atoms with van der Waals surface area (Å²) in [5.41, 5.74) is 14.0. The minimum atomic E-state index is 0.661. The van der Waals surface area contributed by atoms with Crippen LogP contribution in [0.5, 0.6) is 0 Å². The Kier molecular flexibility index (Phi) is 6.87. The van der Waals surface area contributed by atoms with Crippen LogP contribution in [0.4, 0.5) is 0 Å². The smallest absolute Gasteiger partial charge is 0.0998 e. The number of rotatable bonds is 5. The highest BCUT2D eigenvalue weighted by Crippen LogP contribution is 2.41. The molecule has 0 aliphatic heterocycles. The summed E-state index contributed by atoms with van der Waals surface area (Å²) in [6.07, 6.45) is 0.